The summed E-state index contributed by atoms with van der Waals surface area (Å²) in [5.41, 5.74) is -0.603. The fourth-order valence-electron chi connectivity index (χ4n) is 5.29. The van der Waals surface area contributed by atoms with Crippen molar-refractivity contribution in [1.82, 2.24) is 10.2 Å². The first-order valence-electron chi connectivity index (χ1n) is 10.5. The maximum absolute atomic E-state index is 12.8. The summed E-state index contributed by atoms with van der Waals surface area (Å²) in [6.07, 6.45) is 6.40. The van der Waals surface area contributed by atoms with Gasteiger partial charge in [0.1, 0.15) is 5.60 Å². The molecule has 27 heavy (non-hydrogen) atoms. The van der Waals surface area contributed by atoms with Gasteiger partial charge >= 0.3 is 0 Å². The Balaban J connectivity index is 1.35. The molecule has 3 saturated heterocycles. The first-order chi connectivity index (χ1) is 12.7. The number of hydrogen-bond donors (Lipinski definition) is 1. The molecule has 2 bridgehead atoms. The predicted octanol–water partition coefficient (Wildman–Crippen LogP) is 2.11. The average molecular weight is 379 g/mol. The van der Waals surface area contributed by atoms with Crippen LogP contribution in [0.2, 0.25) is 0 Å². The molecule has 3 heterocycles. The van der Waals surface area contributed by atoms with E-state index in [1.807, 2.05) is 18.7 Å². The van der Waals surface area contributed by atoms with Gasteiger partial charge in [0.2, 0.25) is 5.91 Å². The first kappa shape index (κ1) is 19.2. The van der Waals surface area contributed by atoms with Crippen LogP contribution in [0.1, 0.15) is 59.3 Å². The third-order valence-electron chi connectivity index (χ3n) is 7.69. The molecule has 6 nitrogen and oxygen atoms in total. The van der Waals surface area contributed by atoms with Gasteiger partial charge < -0.3 is 19.7 Å². The van der Waals surface area contributed by atoms with Gasteiger partial charge in [0.05, 0.1) is 18.2 Å². The molecule has 1 N–H and O–H groups in total. The number of carbonyl (C=O) groups excluding carboxylic acids is 2. The zero-order valence-corrected chi connectivity index (χ0v) is 17.2. The molecule has 1 spiro atoms. The lowest BCUT2D eigenvalue weighted by atomic mass is 9.73. The van der Waals surface area contributed by atoms with E-state index in [9.17, 15) is 9.59 Å². The van der Waals surface area contributed by atoms with Crippen LogP contribution < -0.4 is 5.32 Å². The van der Waals surface area contributed by atoms with Gasteiger partial charge in [0.25, 0.3) is 5.91 Å². The van der Waals surface area contributed by atoms with E-state index in [0.29, 0.717) is 43.3 Å². The Hall–Kier alpha value is -1.14. The molecule has 4 fully saturated rings. The first-order valence-corrected chi connectivity index (χ1v) is 10.5. The third-order valence-corrected chi connectivity index (χ3v) is 7.69. The third kappa shape index (κ3) is 3.39. The summed E-state index contributed by atoms with van der Waals surface area (Å²) in [5.74, 6) is 0.810. The van der Waals surface area contributed by atoms with Crippen LogP contribution in [0.25, 0.3) is 0 Å². The predicted molar refractivity (Wildman–Crippen MR) is 101 cm³/mol. The van der Waals surface area contributed by atoms with Crippen LogP contribution in [0, 0.1) is 17.3 Å². The number of ether oxygens (including phenoxy) is 2. The average Bonchev–Trinajstić information content (AvgIpc) is 2.99. The Kier molecular flexibility index (Phi) is 4.58. The van der Waals surface area contributed by atoms with E-state index in [4.69, 9.17) is 9.47 Å². The van der Waals surface area contributed by atoms with Gasteiger partial charge in [0.15, 0.2) is 0 Å². The summed E-state index contributed by atoms with van der Waals surface area (Å²) in [5, 5.41) is 3.16. The largest absolute Gasteiger partial charge is 0.369 e. The summed E-state index contributed by atoms with van der Waals surface area (Å²) in [6, 6.07) is 0. The smallest absolute Gasteiger partial charge is 0.254 e. The molecule has 3 aliphatic heterocycles. The maximum atomic E-state index is 12.8. The number of methoxy groups -OCH3 is 1. The van der Waals surface area contributed by atoms with Crippen molar-refractivity contribution in [2.45, 2.75) is 76.6 Å². The molecule has 6 heteroatoms. The molecule has 4 atom stereocenters. The second kappa shape index (κ2) is 6.45. The van der Waals surface area contributed by atoms with Crippen molar-refractivity contribution < 1.29 is 19.1 Å². The van der Waals surface area contributed by atoms with Crippen LogP contribution in [0.4, 0.5) is 0 Å². The molecule has 0 radical (unpaired) electrons. The van der Waals surface area contributed by atoms with Crippen LogP contribution in [-0.4, -0.2) is 60.8 Å². The molecular formula is C21H34N2O4. The number of nitrogens with one attached hydrogen (secondary N) is 1. The lowest BCUT2D eigenvalue weighted by Gasteiger charge is -2.29. The van der Waals surface area contributed by atoms with E-state index < -0.39 is 5.60 Å². The summed E-state index contributed by atoms with van der Waals surface area (Å²) < 4.78 is 11.8. The Morgan fingerprint density at radius 3 is 2.70 bits per heavy atom. The number of likely N-dealkylation sites (tertiary alicyclic amines) is 1. The normalized spacial score (nSPS) is 36.0. The van der Waals surface area contributed by atoms with Gasteiger partial charge in [-0.25, -0.2) is 0 Å². The van der Waals surface area contributed by atoms with E-state index >= 15 is 0 Å². The molecule has 0 unspecified atom stereocenters. The quantitative estimate of drug-likeness (QED) is 0.737. The van der Waals surface area contributed by atoms with Crippen LogP contribution >= 0.6 is 0 Å². The Morgan fingerprint density at radius 1 is 1.30 bits per heavy atom. The van der Waals surface area contributed by atoms with Crippen molar-refractivity contribution in [3.05, 3.63) is 0 Å². The zero-order valence-electron chi connectivity index (χ0n) is 17.2. The fraction of sp³-hybridized carbons (Fsp3) is 0.905. The molecule has 4 aliphatic rings. The van der Waals surface area contributed by atoms with Crippen LogP contribution in [0.3, 0.4) is 0 Å². The molecule has 0 aromatic carbocycles. The molecule has 152 valence electrons. The van der Waals surface area contributed by atoms with Crippen molar-refractivity contribution in [3.8, 4) is 0 Å². The molecule has 1 aliphatic carbocycles. The minimum atomic E-state index is -0.810. The number of carbonyl (C=O) groups is 2. The highest BCUT2D eigenvalue weighted by molar-refractivity contribution is 5.85. The molecule has 2 amide bonds. The van der Waals surface area contributed by atoms with E-state index in [0.717, 1.165) is 19.3 Å². The van der Waals surface area contributed by atoms with E-state index in [1.54, 1.807) is 7.11 Å². The Bertz CT molecular complexity index is 630. The van der Waals surface area contributed by atoms with Crippen molar-refractivity contribution in [2.24, 2.45) is 17.3 Å². The Morgan fingerprint density at radius 2 is 2.04 bits per heavy atom. The monoisotopic (exact) mass is 378 g/mol. The van der Waals surface area contributed by atoms with Crippen LogP contribution in [-0.2, 0) is 19.1 Å². The van der Waals surface area contributed by atoms with E-state index in [-0.39, 0.29) is 23.5 Å². The summed E-state index contributed by atoms with van der Waals surface area (Å²) in [4.78, 5) is 27.0. The van der Waals surface area contributed by atoms with Gasteiger partial charge in [-0.15, -0.1) is 0 Å². The van der Waals surface area contributed by atoms with Gasteiger partial charge in [-0.05, 0) is 51.4 Å². The number of amides is 2. The van der Waals surface area contributed by atoms with Crippen molar-refractivity contribution in [1.29, 1.82) is 0 Å². The second-order valence-corrected chi connectivity index (χ2v) is 10.0. The zero-order chi connectivity index (χ0) is 19.4. The summed E-state index contributed by atoms with van der Waals surface area (Å²) >= 11 is 0. The molecule has 0 aromatic heterocycles. The van der Waals surface area contributed by atoms with Gasteiger partial charge in [-0.2, -0.15) is 0 Å². The van der Waals surface area contributed by atoms with Gasteiger partial charge in [-0.3, -0.25) is 9.59 Å². The molecule has 0 aromatic rings. The summed E-state index contributed by atoms with van der Waals surface area (Å²) in [7, 11) is 1.58. The number of fused-ring (bicyclic) bond motifs is 1. The molecule has 1 saturated carbocycles. The Labute approximate surface area is 162 Å². The van der Waals surface area contributed by atoms with Crippen molar-refractivity contribution in [3.63, 3.8) is 0 Å². The molecular weight excluding hydrogens is 344 g/mol. The highest BCUT2D eigenvalue weighted by Gasteiger charge is 2.64. The minimum absolute atomic E-state index is 0.0290. The van der Waals surface area contributed by atoms with Crippen LogP contribution in [0.5, 0.6) is 0 Å². The SMILES string of the molecule is COC(C)(C)C(=O)N1C[C@@H]2[C@H](CNC(=O)CCC3(C)CC3)[C@H]3CC[C@]2(C1)O3. The maximum Gasteiger partial charge on any atom is 0.254 e. The lowest BCUT2D eigenvalue weighted by Crippen LogP contribution is -2.47. The number of rotatable bonds is 7. The minimum Gasteiger partial charge on any atom is -0.369 e. The lowest BCUT2D eigenvalue weighted by molar-refractivity contribution is -0.151. The van der Waals surface area contributed by atoms with Crippen molar-refractivity contribution in [2.75, 3.05) is 26.7 Å². The second-order valence-electron chi connectivity index (χ2n) is 10.0. The highest BCUT2D eigenvalue weighted by atomic mass is 16.5. The fourth-order valence-corrected chi connectivity index (χ4v) is 5.29. The van der Waals surface area contributed by atoms with Crippen LogP contribution in [0.15, 0.2) is 0 Å². The topological polar surface area (TPSA) is 67.9 Å². The van der Waals surface area contributed by atoms with E-state index in [1.165, 1.54) is 12.8 Å². The van der Waals surface area contributed by atoms with Crippen molar-refractivity contribution >= 4 is 11.8 Å². The van der Waals surface area contributed by atoms with E-state index in [2.05, 4.69) is 12.2 Å². The van der Waals surface area contributed by atoms with Gasteiger partial charge in [0, 0.05) is 38.5 Å². The molecule has 4 rings (SSSR count). The number of nitrogens with zero attached hydrogens (tertiary/aromatic N) is 1. The highest BCUT2D eigenvalue weighted by Crippen LogP contribution is 2.55. The van der Waals surface area contributed by atoms with Gasteiger partial charge in [-0.1, -0.05) is 6.92 Å². The standard InChI is InChI=1S/C21H34N2O4/c1-19(2,26-4)18(25)23-12-15-14(16-5-8-21(15,13-23)27-16)11-22-17(24)6-7-20(3)9-10-20/h14-16H,5-13H2,1-4H3,(H,22,24)/t14-,15+,16+,21+/m0/s1. The summed E-state index contributed by atoms with van der Waals surface area (Å²) in [6.45, 7) is 7.93. The number of hydrogen-bond acceptors (Lipinski definition) is 4.